The minimum absolute atomic E-state index is 0.339. The van der Waals surface area contributed by atoms with E-state index < -0.39 is 0 Å². The fourth-order valence-electron chi connectivity index (χ4n) is 4.05. The second-order valence-electron chi connectivity index (χ2n) is 8.96. The van der Waals surface area contributed by atoms with Crippen molar-refractivity contribution in [1.82, 2.24) is 25.4 Å². The number of benzene rings is 1. The zero-order valence-electron chi connectivity index (χ0n) is 18.0. The van der Waals surface area contributed by atoms with Crippen LogP contribution >= 0.6 is 0 Å². The number of aliphatic imine (C=N–C) groups is 1. The third kappa shape index (κ3) is 4.98. The highest BCUT2D eigenvalue weighted by atomic mass is 15.4. The van der Waals surface area contributed by atoms with Gasteiger partial charge in [-0.3, -0.25) is 4.99 Å². The third-order valence-electron chi connectivity index (χ3n) is 6.03. The van der Waals surface area contributed by atoms with E-state index in [1.807, 2.05) is 0 Å². The first-order valence-electron chi connectivity index (χ1n) is 11.1. The topological polar surface area (TPSA) is 67.1 Å². The summed E-state index contributed by atoms with van der Waals surface area (Å²) in [5.74, 6) is 3.38. The van der Waals surface area contributed by atoms with Crippen LogP contribution in [0.4, 0.5) is 0 Å². The van der Waals surface area contributed by atoms with Crippen LogP contribution in [0.1, 0.15) is 63.2 Å². The number of hydrogen-bond donors (Lipinski definition) is 2. The Morgan fingerprint density at radius 1 is 1.28 bits per heavy atom. The predicted molar refractivity (Wildman–Crippen MR) is 117 cm³/mol. The molecule has 0 saturated heterocycles. The van der Waals surface area contributed by atoms with Gasteiger partial charge in [0, 0.05) is 31.5 Å². The van der Waals surface area contributed by atoms with Gasteiger partial charge in [-0.15, -0.1) is 0 Å². The molecule has 29 heavy (non-hydrogen) atoms. The van der Waals surface area contributed by atoms with Crippen molar-refractivity contribution in [1.29, 1.82) is 0 Å². The smallest absolute Gasteiger partial charge is 0.191 e. The molecule has 2 aliphatic rings. The van der Waals surface area contributed by atoms with E-state index in [9.17, 15) is 0 Å². The quantitative estimate of drug-likeness (QED) is 0.559. The molecule has 156 valence electrons. The number of nitrogens with zero attached hydrogens (tertiary/aromatic N) is 4. The van der Waals surface area contributed by atoms with Gasteiger partial charge in [-0.05, 0) is 43.6 Å². The van der Waals surface area contributed by atoms with Crippen molar-refractivity contribution in [2.24, 2.45) is 10.4 Å². The number of aryl methyl sites for hydroxylation is 1. The van der Waals surface area contributed by atoms with Crippen LogP contribution in [0.2, 0.25) is 0 Å². The zero-order chi connectivity index (χ0) is 20.3. The van der Waals surface area contributed by atoms with Crippen LogP contribution in [0.25, 0.3) is 0 Å². The lowest BCUT2D eigenvalue weighted by atomic mass is 9.97. The predicted octanol–water partition coefficient (Wildman–Crippen LogP) is 3.29. The lowest BCUT2D eigenvalue weighted by molar-refractivity contribution is 0.391. The Labute approximate surface area is 174 Å². The number of fused-ring (bicyclic) bond motifs is 1. The summed E-state index contributed by atoms with van der Waals surface area (Å²) in [6.07, 6.45) is 5.70. The summed E-state index contributed by atoms with van der Waals surface area (Å²) >= 11 is 0. The lowest BCUT2D eigenvalue weighted by Gasteiger charge is -2.25. The molecule has 4 rings (SSSR count). The number of aromatic nitrogens is 3. The van der Waals surface area contributed by atoms with Crippen LogP contribution in [-0.2, 0) is 19.4 Å². The van der Waals surface area contributed by atoms with E-state index in [1.54, 1.807) is 0 Å². The molecule has 1 aliphatic heterocycles. The van der Waals surface area contributed by atoms with E-state index in [1.165, 1.54) is 18.4 Å². The van der Waals surface area contributed by atoms with E-state index in [2.05, 4.69) is 66.4 Å². The van der Waals surface area contributed by atoms with Gasteiger partial charge in [0.05, 0.1) is 6.54 Å². The van der Waals surface area contributed by atoms with Crippen LogP contribution in [-0.4, -0.2) is 39.9 Å². The number of nitrogens with one attached hydrogen (secondary N) is 2. The Hall–Kier alpha value is -2.37. The van der Waals surface area contributed by atoms with Crippen molar-refractivity contribution in [2.75, 3.05) is 13.1 Å². The average molecular weight is 395 g/mol. The van der Waals surface area contributed by atoms with E-state index in [4.69, 9.17) is 15.1 Å². The molecule has 1 fully saturated rings. The van der Waals surface area contributed by atoms with E-state index in [0.717, 1.165) is 56.5 Å². The van der Waals surface area contributed by atoms with Crippen molar-refractivity contribution < 1.29 is 0 Å². The molecule has 0 radical (unpaired) electrons. The van der Waals surface area contributed by atoms with Crippen molar-refractivity contribution in [3.63, 3.8) is 0 Å². The molecule has 1 aromatic carbocycles. The molecule has 1 aromatic heterocycles. The Bertz CT molecular complexity index is 834. The standard InChI is InChI=1S/C23H34N6/c1-4-24-22(25-16-23(12-13-23)14-18-8-6-5-7-9-18)26-19-10-11-20-27-21(17(2)3)28-29(20)15-19/h5-9,17,19H,4,10-16H2,1-3H3,(H2,24,25,26). The van der Waals surface area contributed by atoms with Crippen LogP contribution in [0.5, 0.6) is 0 Å². The Morgan fingerprint density at radius 2 is 2.07 bits per heavy atom. The van der Waals surface area contributed by atoms with E-state index >= 15 is 0 Å². The van der Waals surface area contributed by atoms with Gasteiger partial charge >= 0.3 is 0 Å². The molecular formula is C23H34N6. The van der Waals surface area contributed by atoms with Crippen LogP contribution < -0.4 is 10.6 Å². The highest BCUT2D eigenvalue weighted by molar-refractivity contribution is 5.80. The Balaban J connectivity index is 1.37. The number of guanidine groups is 1. The van der Waals surface area contributed by atoms with Gasteiger partial charge in [-0.25, -0.2) is 9.67 Å². The maximum atomic E-state index is 4.98. The van der Waals surface area contributed by atoms with E-state index in [-0.39, 0.29) is 0 Å². The van der Waals surface area contributed by atoms with Crippen molar-refractivity contribution in [3.05, 3.63) is 47.5 Å². The number of rotatable bonds is 7. The van der Waals surface area contributed by atoms with Crippen LogP contribution in [0.3, 0.4) is 0 Å². The summed E-state index contributed by atoms with van der Waals surface area (Å²) < 4.78 is 2.08. The summed E-state index contributed by atoms with van der Waals surface area (Å²) in [7, 11) is 0. The molecule has 2 N–H and O–H groups in total. The molecule has 6 nitrogen and oxygen atoms in total. The van der Waals surface area contributed by atoms with Gasteiger partial charge in [-0.1, -0.05) is 44.2 Å². The molecule has 1 saturated carbocycles. The summed E-state index contributed by atoms with van der Waals surface area (Å²) in [6.45, 7) is 9.03. The third-order valence-corrected chi connectivity index (χ3v) is 6.03. The van der Waals surface area contributed by atoms with Crippen molar-refractivity contribution in [3.8, 4) is 0 Å². The molecule has 1 atom stereocenters. The maximum absolute atomic E-state index is 4.98. The molecule has 1 unspecified atom stereocenters. The Morgan fingerprint density at radius 3 is 2.76 bits per heavy atom. The van der Waals surface area contributed by atoms with E-state index in [0.29, 0.717) is 17.4 Å². The fourth-order valence-corrected chi connectivity index (χ4v) is 4.05. The molecule has 0 amide bonds. The summed E-state index contributed by atoms with van der Waals surface area (Å²) in [5.41, 5.74) is 1.77. The largest absolute Gasteiger partial charge is 0.357 e. The minimum atomic E-state index is 0.339. The zero-order valence-corrected chi connectivity index (χ0v) is 18.0. The van der Waals surface area contributed by atoms with Gasteiger partial charge in [0.15, 0.2) is 11.8 Å². The SMILES string of the molecule is CCNC(=NCC1(Cc2ccccc2)CC1)NC1CCc2nc(C(C)C)nn2C1. The van der Waals surface area contributed by atoms with Crippen LogP contribution in [0.15, 0.2) is 35.3 Å². The summed E-state index contributed by atoms with van der Waals surface area (Å²) in [4.78, 5) is 9.67. The first kappa shape index (κ1) is 19.9. The average Bonchev–Trinajstić information content (AvgIpc) is 3.33. The highest BCUT2D eigenvalue weighted by Crippen LogP contribution is 2.48. The first-order chi connectivity index (χ1) is 14.1. The van der Waals surface area contributed by atoms with Crippen molar-refractivity contribution >= 4 is 5.96 Å². The second kappa shape index (κ2) is 8.56. The summed E-state index contributed by atoms with van der Waals surface area (Å²) in [6, 6.07) is 11.2. The normalized spacial score (nSPS) is 20.4. The van der Waals surface area contributed by atoms with Gasteiger partial charge in [-0.2, -0.15) is 5.10 Å². The van der Waals surface area contributed by atoms with Crippen molar-refractivity contribution in [2.45, 2.75) is 71.4 Å². The molecule has 6 heteroatoms. The lowest BCUT2D eigenvalue weighted by Crippen LogP contribution is -2.47. The molecule has 2 heterocycles. The monoisotopic (exact) mass is 394 g/mol. The molecule has 0 bridgehead atoms. The first-order valence-corrected chi connectivity index (χ1v) is 11.1. The molecule has 0 spiro atoms. The molecule has 2 aromatic rings. The van der Waals surface area contributed by atoms with Gasteiger partial charge in [0.2, 0.25) is 0 Å². The fraction of sp³-hybridized carbons (Fsp3) is 0.609. The second-order valence-corrected chi connectivity index (χ2v) is 8.96. The minimum Gasteiger partial charge on any atom is -0.357 e. The summed E-state index contributed by atoms with van der Waals surface area (Å²) in [5, 5.41) is 11.8. The van der Waals surface area contributed by atoms with Gasteiger partial charge in [0.1, 0.15) is 5.82 Å². The Kier molecular flexibility index (Phi) is 5.88. The highest BCUT2D eigenvalue weighted by Gasteiger charge is 2.42. The number of hydrogen-bond acceptors (Lipinski definition) is 3. The maximum Gasteiger partial charge on any atom is 0.191 e. The molecule has 1 aliphatic carbocycles. The van der Waals surface area contributed by atoms with Gasteiger partial charge in [0.25, 0.3) is 0 Å². The molecular weight excluding hydrogens is 360 g/mol. The van der Waals surface area contributed by atoms with Gasteiger partial charge < -0.3 is 10.6 Å². The van der Waals surface area contributed by atoms with Crippen LogP contribution in [0, 0.1) is 5.41 Å².